The molecule has 0 saturated carbocycles. The molecule has 0 radical (unpaired) electrons. The van der Waals surface area contributed by atoms with Gasteiger partial charge in [0.05, 0.1) is 19.1 Å². The number of hydroxylamine groups is 2. The van der Waals surface area contributed by atoms with Gasteiger partial charge in [-0.3, -0.25) is 19.6 Å². The van der Waals surface area contributed by atoms with Crippen molar-refractivity contribution in [2.24, 2.45) is 11.8 Å². The van der Waals surface area contributed by atoms with Crippen molar-refractivity contribution in [2.75, 3.05) is 19.7 Å². The van der Waals surface area contributed by atoms with Crippen LogP contribution in [0.5, 0.6) is 5.75 Å². The number of likely N-dealkylation sites (tertiary alicyclic amines) is 1. The van der Waals surface area contributed by atoms with Gasteiger partial charge in [-0.25, -0.2) is 5.06 Å². The Balaban J connectivity index is 1.88. The van der Waals surface area contributed by atoms with E-state index in [4.69, 9.17) is 9.84 Å². The Bertz CT molecular complexity index is 693. The van der Waals surface area contributed by atoms with Gasteiger partial charge in [-0.2, -0.15) is 0 Å². The molecule has 30 heavy (non-hydrogen) atoms. The van der Waals surface area contributed by atoms with Gasteiger partial charge in [0.2, 0.25) is 12.3 Å². The minimum Gasteiger partial charge on any atom is -0.494 e. The number of hydrogen-bond acceptors (Lipinski definition) is 5. The summed E-state index contributed by atoms with van der Waals surface area (Å²) in [6.07, 6.45) is 4.68. The number of carboxylic acid groups (broad SMARTS) is 1. The second-order valence-corrected chi connectivity index (χ2v) is 7.80. The number of amides is 2. The lowest BCUT2D eigenvalue weighted by atomic mass is 9.90. The van der Waals surface area contributed by atoms with Crippen LogP contribution in [-0.4, -0.2) is 58.3 Å². The van der Waals surface area contributed by atoms with Gasteiger partial charge in [0.1, 0.15) is 5.75 Å². The molecule has 1 saturated heterocycles. The monoisotopic (exact) mass is 420 g/mol. The van der Waals surface area contributed by atoms with Crippen molar-refractivity contribution in [3.8, 4) is 5.75 Å². The summed E-state index contributed by atoms with van der Waals surface area (Å²) < 4.78 is 5.63. The van der Waals surface area contributed by atoms with Gasteiger partial charge in [0.15, 0.2) is 0 Å². The first-order valence-electron chi connectivity index (χ1n) is 10.6. The number of rotatable bonds is 14. The number of carbonyl (C=O) groups is 3. The predicted octanol–water partition coefficient (Wildman–Crippen LogP) is 2.93. The molecule has 1 heterocycles. The second kappa shape index (κ2) is 12.2. The maximum absolute atomic E-state index is 12.9. The molecule has 1 aromatic carbocycles. The van der Waals surface area contributed by atoms with E-state index < -0.39 is 5.97 Å². The third-order valence-electron chi connectivity index (χ3n) is 5.44. The van der Waals surface area contributed by atoms with Gasteiger partial charge >= 0.3 is 5.97 Å². The zero-order chi connectivity index (χ0) is 21.9. The lowest BCUT2D eigenvalue weighted by molar-refractivity contribution is -0.155. The van der Waals surface area contributed by atoms with Crippen molar-refractivity contribution in [1.29, 1.82) is 0 Å². The van der Waals surface area contributed by atoms with Crippen molar-refractivity contribution >= 4 is 18.3 Å². The van der Waals surface area contributed by atoms with E-state index in [1.807, 2.05) is 24.3 Å². The second-order valence-electron chi connectivity index (χ2n) is 7.80. The fourth-order valence-corrected chi connectivity index (χ4v) is 3.79. The molecule has 1 fully saturated rings. The third kappa shape index (κ3) is 7.33. The largest absolute Gasteiger partial charge is 0.494 e. The highest BCUT2D eigenvalue weighted by atomic mass is 16.5. The van der Waals surface area contributed by atoms with Crippen LogP contribution < -0.4 is 4.74 Å². The Labute approximate surface area is 177 Å². The number of aliphatic carboxylic acids is 1. The van der Waals surface area contributed by atoms with Crippen LogP contribution in [0.2, 0.25) is 0 Å². The lowest BCUT2D eigenvalue weighted by Crippen LogP contribution is -2.33. The summed E-state index contributed by atoms with van der Waals surface area (Å²) in [5, 5.41) is 18.8. The van der Waals surface area contributed by atoms with Crippen LogP contribution in [0.3, 0.4) is 0 Å². The van der Waals surface area contributed by atoms with Gasteiger partial charge < -0.3 is 14.7 Å². The van der Waals surface area contributed by atoms with Crippen molar-refractivity contribution in [1.82, 2.24) is 9.96 Å². The maximum atomic E-state index is 12.9. The lowest BCUT2D eigenvalue weighted by Gasteiger charge is -2.19. The van der Waals surface area contributed by atoms with Crippen LogP contribution in [0.4, 0.5) is 0 Å². The number of ether oxygens (including phenoxy) is 1. The van der Waals surface area contributed by atoms with E-state index in [2.05, 4.69) is 6.92 Å². The number of unbranched alkanes of at least 4 members (excludes halogenated alkanes) is 2. The van der Waals surface area contributed by atoms with Crippen molar-refractivity contribution in [3.63, 3.8) is 0 Å². The molecule has 166 valence electrons. The normalized spacial score (nSPS) is 18.5. The highest BCUT2D eigenvalue weighted by molar-refractivity contribution is 5.82. The minimum absolute atomic E-state index is 0.0296. The molecule has 0 spiro atoms. The van der Waals surface area contributed by atoms with E-state index in [0.29, 0.717) is 49.8 Å². The first kappa shape index (κ1) is 23.7. The van der Waals surface area contributed by atoms with Crippen LogP contribution in [-0.2, 0) is 20.9 Å². The van der Waals surface area contributed by atoms with E-state index in [0.717, 1.165) is 24.8 Å². The number of hydrogen-bond donors (Lipinski definition) is 2. The zero-order valence-corrected chi connectivity index (χ0v) is 17.5. The Morgan fingerprint density at radius 2 is 2.00 bits per heavy atom. The Morgan fingerprint density at radius 3 is 2.63 bits per heavy atom. The summed E-state index contributed by atoms with van der Waals surface area (Å²) in [6.45, 7) is 3.69. The summed E-state index contributed by atoms with van der Waals surface area (Å²) in [5.41, 5.74) is 0.979. The summed E-state index contributed by atoms with van der Waals surface area (Å²) in [4.78, 5) is 35.9. The van der Waals surface area contributed by atoms with Crippen molar-refractivity contribution in [2.45, 2.75) is 52.0 Å². The molecule has 1 aliphatic rings. The average Bonchev–Trinajstić information content (AvgIpc) is 3.01. The molecule has 8 nitrogen and oxygen atoms in total. The predicted molar refractivity (Wildman–Crippen MR) is 110 cm³/mol. The van der Waals surface area contributed by atoms with Gasteiger partial charge in [-0.15, -0.1) is 0 Å². The maximum Gasteiger partial charge on any atom is 0.303 e. The van der Waals surface area contributed by atoms with Crippen LogP contribution in [0.15, 0.2) is 24.3 Å². The molecular weight excluding hydrogens is 388 g/mol. The highest BCUT2D eigenvalue weighted by Gasteiger charge is 2.40. The molecule has 2 amide bonds. The summed E-state index contributed by atoms with van der Waals surface area (Å²) in [5.74, 6) is -0.369. The van der Waals surface area contributed by atoms with Crippen molar-refractivity contribution < 1.29 is 29.4 Å². The minimum atomic E-state index is -0.798. The average molecular weight is 421 g/mol. The Kier molecular flexibility index (Phi) is 9.60. The molecule has 2 N–H and O–H groups in total. The SMILES string of the molecule is CCCCC1CN(Cc2ccc(OCCCCC(=O)O)cc2)C(=O)C1CN(O)C=O. The van der Waals surface area contributed by atoms with E-state index in [9.17, 15) is 19.6 Å². The molecule has 1 aromatic rings. The van der Waals surface area contributed by atoms with Gasteiger partial charge in [-0.1, -0.05) is 31.9 Å². The molecule has 0 bridgehead atoms. The Morgan fingerprint density at radius 1 is 1.27 bits per heavy atom. The molecule has 1 aliphatic heterocycles. The summed E-state index contributed by atoms with van der Waals surface area (Å²) in [6, 6.07) is 7.53. The summed E-state index contributed by atoms with van der Waals surface area (Å²) in [7, 11) is 0. The molecule has 0 aromatic heterocycles. The molecule has 0 aliphatic carbocycles. The van der Waals surface area contributed by atoms with E-state index >= 15 is 0 Å². The van der Waals surface area contributed by atoms with Crippen LogP contribution >= 0.6 is 0 Å². The van der Waals surface area contributed by atoms with Gasteiger partial charge in [0, 0.05) is 19.5 Å². The number of carboxylic acids is 1. The van der Waals surface area contributed by atoms with E-state index in [-0.39, 0.29) is 30.7 Å². The van der Waals surface area contributed by atoms with E-state index in [1.54, 1.807) is 4.90 Å². The standard InChI is InChI=1S/C22H32N2O6/c1-2-3-6-18-14-23(22(28)20(18)15-24(29)16-25)13-17-8-10-19(11-9-17)30-12-5-4-7-21(26)27/h8-11,16,18,20,29H,2-7,12-15H2,1H3,(H,26,27). The number of carbonyl (C=O) groups excluding carboxylic acids is 2. The van der Waals surface area contributed by atoms with Crippen LogP contribution in [0.25, 0.3) is 0 Å². The Hall–Kier alpha value is -2.61. The fourth-order valence-electron chi connectivity index (χ4n) is 3.79. The highest BCUT2D eigenvalue weighted by Crippen LogP contribution is 2.31. The van der Waals surface area contributed by atoms with Crippen LogP contribution in [0, 0.1) is 11.8 Å². The first-order valence-corrected chi connectivity index (χ1v) is 10.6. The fraction of sp³-hybridized carbons (Fsp3) is 0.591. The topological polar surface area (TPSA) is 107 Å². The van der Waals surface area contributed by atoms with Gasteiger partial charge in [-0.05, 0) is 42.9 Å². The van der Waals surface area contributed by atoms with E-state index in [1.165, 1.54) is 0 Å². The third-order valence-corrected chi connectivity index (χ3v) is 5.44. The smallest absolute Gasteiger partial charge is 0.303 e. The number of benzene rings is 1. The summed E-state index contributed by atoms with van der Waals surface area (Å²) >= 11 is 0. The van der Waals surface area contributed by atoms with Gasteiger partial charge in [0.25, 0.3) is 0 Å². The molecule has 2 unspecified atom stereocenters. The van der Waals surface area contributed by atoms with Crippen molar-refractivity contribution in [3.05, 3.63) is 29.8 Å². The van der Waals surface area contributed by atoms with Crippen LogP contribution in [0.1, 0.15) is 51.0 Å². The molecule has 8 heteroatoms. The quantitative estimate of drug-likeness (QED) is 0.207. The zero-order valence-electron chi connectivity index (χ0n) is 17.5. The first-order chi connectivity index (χ1) is 14.4. The number of nitrogens with zero attached hydrogens (tertiary/aromatic N) is 2. The molecule has 2 rings (SSSR count). The molecule has 2 atom stereocenters. The molecular formula is C22H32N2O6.